The van der Waals surface area contributed by atoms with Crippen LogP contribution in [0.4, 0.5) is 4.79 Å². The maximum atomic E-state index is 12.8. The van der Waals surface area contributed by atoms with Crippen LogP contribution in [-0.4, -0.2) is 46.3 Å². The van der Waals surface area contributed by atoms with Crippen LogP contribution in [0.25, 0.3) is 0 Å². The van der Waals surface area contributed by atoms with E-state index in [1.807, 2.05) is 37.3 Å². The van der Waals surface area contributed by atoms with Gasteiger partial charge >= 0.3 is 6.09 Å². The molecule has 0 saturated heterocycles. The molecule has 1 aliphatic carbocycles. The number of carbonyl (C=O) groups is 1. The van der Waals surface area contributed by atoms with Gasteiger partial charge in [-0.05, 0) is 42.4 Å². The molecule has 1 aromatic rings. The third-order valence-electron chi connectivity index (χ3n) is 4.06. The normalized spacial score (nSPS) is 18.2. The first kappa shape index (κ1) is 22.1. The number of allylic oxidation sites excluding steroid dienone is 1. The van der Waals surface area contributed by atoms with Crippen molar-refractivity contribution in [3.63, 3.8) is 0 Å². The van der Waals surface area contributed by atoms with Gasteiger partial charge in [-0.1, -0.05) is 49.0 Å². The number of aliphatic imine (C=N–C) groups is 1. The fourth-order valence-corrected chi connectivity index (χ4v) is 4.43. The lowest BCUT2D eigenvalue weighted by atomic mass is 9.92. The molecule has 8 heteroatoms. The molecule has 2 rings (SSSR count). The molecule has 1 amide bonds. The Labute approximate surface area is 172 Å². The van der Waals surface area contributed by atoms with Crippen molar-refractivity contribution in [2.24, 2.45) is 4.99 Å². The van der Waals surface area contributed by atoms with Gasteiger partial charge in [-0.25, -0.2) is 9.79 Å². The molecule has 1 aromatic carbocycles. The summed E-state index contributed by atoms with van der Waals surface area (Å²) >= 11 is 1.26. The summed E-state index contributed by atoms with van der Waals surface area (Å²) in [6, 6.07) is 9.23. The van der Waals surface area contributed by atoms with Gasteiger partial charge in [0.05, 0.1) is 23.6 Å². The summed E-state index contributed by atoms with van der Waals surface area (Å²) in [5.41, 5.74) is 2.17. The van der Waals surface area contributed by atoms with Crippen LogP contribution in [0.15, 0.2) is 58.0 Å². The molecule has 28 heavy (non-hydrogen) atoms. The van der Waals surface area contributed by atoms with Crippen LogP contribution in [0, 0.1) is 5.41 Å². The van der Waals surface area contributed by atoms with Crippen LogP contribution in [0.1, 0.15) is 18.9 Å². The van der Waals surface area contributed by atoms with Crippen molar-refractivity contribution >= 4 is 39.5 Å². The number of benzene rings is 1. The summed E-state index contributed by atoms with van der Waals surface area (Å²) in [5, 5.41) is 11.3. The highest BCUT2D eigenvalue weighted by Crippen LogP contribution is 2.27. The van der Waals surface area contributed by atoms with E-state index in [0.29, 0.717) is 28.0 Å². The third kappa shape index (κ3) is 5.90. The number of nitrogens with zero attached hydrogens (tertiary/aromatic N) is 1. The highest BCUT2D eigenvalue weighted by atomic mass is 32.2. The standard InChI is InChI=1S/C20H25N3O3S2/c1-4-12-28(25)17-11-10-16(21)18(22-19(27-3)23-20(24)26-2)15(17)13-14-8-6-5-7-9-14/h5-11,18,21H,4,12-13H2,1-3H3,(H,22,23,24). The van der Waals surface area contributed by atoms with Gasteiger partial charge in [-0.3, -0.25) is 9.53 Å². The minimum atomic E-state index is -1.17. The SMILES string of the molecule is CCCS(=O)C1=C(Cc2ccccc2)C(N=C(NC(=O)OC)SC)C(=N)C=C1. The summed E-state index contributed by atoms with van der Waals surface area (Å²) < 4.78 is 17.5. The molecule has 0 aliphatic heterocycles. The van der Waals surface area contributed by atoms with E-state index in [1.54, 1.807) is 18.4 Å². The zero-order chi connectivity index (χ0) is 20.5. The van der Waals surface area contributed by atoms with Gasteiger partial charge in [0.2, 0.25) is 0 Å². The Hall–Kier alpha value is -2.19. The lowest BCUT2D eigenvalue weighted by Gasteiger charge is -2.24. The van der Waals surface area contributed by atoms with Gasteiger partial charge in [0.25, 0.3) is 0 Å². The Morgan fingerprint density at radius 2 is 2.04 bits per heavy atom. The number of alkyl carbamates (subject to hydrolysis) is 1. The Balaban J connectivity index is 2.49. The Kier molecular flexibility index (Phi) is 8.66. The van der Waals surface area contributed by atoms with Crippen LogP contribution in [0.2, 0.25) is 0 Å². The summed E-state index contributed by atoms with van der Waals surface area (Å²) in [6.45, 7) is 1.99. The molecule has 150 valence electrons. The Morgan fingerprint density at radius 1 is 1.32 bits per heavy atom. The first-order valence-corrected chi connectivity index (χ1v) is 11.4. The molecule has 0 fully saturated rings. The van der Waals surface area contributed by atoms with E-state index in [2.05, 4.69) is 15.0 Å². The largest absolute Gasteiger partial charge is 0.453 e. The summed E-state index contributed by atoms with van der Waals surface area (Å²) in [7, 11) is 0.116. The number of carbonyl (C=O) groups excluding carboxylic acids is 1. The molecule has 0 heterocycles. The number of nitrogens with one attached hydrogen (secondary N) is 2. The number of amidine groups is 1. The highest BCUT2D eigenvalue weighted by Gasteiger charge is 2.27. The van der Waals surface area contributed by atoms with Crippen molar-refractivity contribution in [2.75, 3.05) is 19.1 Å². The minimum absolute atomic E-state index is 0.293. The zero-order valence-electron chi connectivity index (χ0n) is 16.2. The molecule has 0 bridgehead atoms. The van der Waals surface area contributed by atoms with Gasteiger partial charge < -0.3 is 10.1 Å². The quantitative estimate of drug-likeness (QED) is 0.544. The fourth-order valence-electron chi connectivity index (χ4n) is 2.74. The highest BCUT2D eigenvalue weighted by molar-refractivity contribution is 8.13. The van der Waals surface area contributed by atoms with Gasteiger partial charge in [0, 0.05) is 10.7 Å². The van der Waals surface area contributed by atoms with Crippen LogP contribution >= 0.6 is 11.8 Å². The first-order chi connectivity index (χ1) is 13.5. The van der Waals surface area contributed by atoms with Crippen molar-refractivity contribution < 1.29 is 13.7 Å². The van der Waals surface area contributed by atoms with Gasteiger partial charge in [-0.15, -0.1) is 0 Å². The molecule has 0 radical (unpaired) electrons. The number of ether oxygens (including phenoxy) is 1. The molecule has 0 spiro atoms. The van der Waals surface area contributed by atoms with Gasteiger partial charge in [-0.2, -0.15) is 0 Å². The molecule has 6 nitrogen and oxygen atoms in total. The van der Waals surface area contributed by atoms with E-state index < -0.39 is 22.9 Å². The molecule has 2 N–H and O–H groups in total. The lowest BCUT2D eigenvalue weighted by molar-refractivity contribution is 0.177. The van der Waals surface area contributed by atoms with Crippen LogP contribution < -0.4 is 5.32 Å². The number of thioether (sulfide) groups is 1. The van der Waals surface area contributed by atoms with Crippen molar-refractivity contribution in [2.45, 2.75) is 25.8 Å². The van der Waals surface area contributed by atoms with E-state index in [0.717, 1.165) is 17.6 Å². The lowest BCUT2D eigenvalue weighted by Crippen LogP contribution is -2.32. The molecule has 0 aromatic heterocycles. The second kappa shape index (κ2) is 11.0. The van der Waals surface area contributed by atoms with Gasteiger partial charge in [0.15, 0.2) is 5.17 Å². The average Bonchev–Trinajstić information content (AvgIpc) is 2.70. The number of hydrogen-bond donors (Lipinski definition) is 2. The molecular weight excluding hydrogens is 394 g/mol. The van der Waals surface area contributed by atoms with Crippen LogP contribution in [-0.2, 0) is 22.0 Å². The van der Waals surface area contributed by atoms with Gasteiger partial charge in [0.1, 0.15) is 6.04 Å². The number of rotatable bonds is 6. The number of hydrogen-bond acceptors (Lipinski definition) is 6. The smallest absolute Gasteiger partial charge is 0.412 e. The Bertz CT molecular complexity index is 832. The minimum Gasteiger partial charge on any atom is -0.453 e. The van der Waals surface area contributed by atoms with E-state index in [1.165, 1.54) is 18.9 Å². The van der Waals surface area contributed by atoms with E-state index >= 15 is 0 Å². The second-order valence-corrected chi connectivity index (χ2v) is 8.38. The summed E-state index contributed by atoms with van der Waals surface area (Å²) in [5.74, 6) is 0.553. The van der Waals surface area contributed by atoms with Crippen molar-refractivity contribution in [3.05, 3.63) is 58.5 Å². The number of amides is 1. The van der Waals surface area contributed by atoms with E-state index in [4.69, 9.17) is 5.41 Å². The van der Waals surface area contributed by atoms with Crippen molar-refractivity contribution in [1.29, 1.82) is 5.41 Å². The Morgan fingerprint density at radius 3 is 2.64 bits per heavy atom. The maximum absolute atomic E-state index is 12.8. The monoisotopic (exact) mass is 419 g/mol. The summed E-state index contributed by atoms with van der Waals surface area (Å²) in [6.07, 6.45) is 5.91. The number of methoxy groups -OCH3 is 1. The summed E-state index contributed by atoms with van der Waals surface area (Å²) in [4.78, 5) is 16.9. The topological polar surface area (TPSA) is 91.6 Å². The molecular formula is C20H25N3O3S2. The van der Waals surface area contributed by atoms with Crippen LogP contribution in [0.5, 0.6) is 0 Å². The third-order valence-corrected chi connectivity index (χ3v) is 6.32. The predicted molar refractivity (Wildman–Crippen MR) is 118 cm³/mol. The fraction of sp³-hybridized carbons (Fsp3) is 0.350. The molecule has 0 saturated carbocycles. The van der Waals surface area contributed by atoms with Crippen molar-refractivity contribution in [1.82, 2.24) is 5.32 Å². The van der Waals surface area contributed by atoms with Crippen LogP contribution in [0.3, 0.4) is 0 Å². The van der Waals surface area contributed by atoms with E-state index in [-0.39, 0.29) is 0 Å². The van der Waals surface area contributed by atoms with E-state index in [9.17, 15) is 9.00 Å². The molecule has 1 aliphatic rings. The predicted octanol–water partition coefficient (Wildman–Crippen LogP) is 3.68. The zero-order valence-corrected chi connectivity index (χ0v) is 17.9. The first-order valence-electron chi connectivity index (χ1n) is 8.88. The average molecular weight is 420 g/mol. The molecule has 2 atom stereocenters. The van der Waals surface area contributed by atoms with Crippen molar-refractivity contribution in [3.8, 4) is 0 Å². The second-order valence-electron chi connectivity index (χ2n) is 6.05. The molecule has 2 unspecified atom stereocenters. The maximum Gasteiger partial charge on any atom is 0.412 e.